The number of likely N-dealkylation sites (tertiary alicyclic amines) is 1. The van der Waals surface area contributed by atoms with Crippen molar-refractivity contribution in [2.45, 2.75) is 45.2 Å². The van der Waals surface area contributed by atoms with Crippen LogP contribution >= 0.6 is 0 Å². The highest BCUT2D eigenvalue weighted by atomic mass is 16.5. The minimum Gasteiger partial charge on any atom is -0.456 e. The number of piperidine rings is 1. The zero-order chi connectivity index (χ0) is 21.5. The molecule has 4 rings (SSSR count). The van der Waals surface area contributed by atoms with Crippen LogP contribution in [0.3, 0.4) is 0 Å². The van der Waals surface area contributed by atoms with E-state index in [2.05, 4.69) is 25.2 Å². The summed E-state index contributed by atoms with van der Waals surface area (Å²) in [6.45, 7) is 3.61. The number of amides is 1. The number of benzene rings is 1. The van der Waals surface area contributed by atoms with Gasteiger partial charge in [-0.3, -0.25) is 14.7 Å². The van der Waals surface area contributed by atoms with E-state index in [-0.39, 0.29) is 11.9 Å². The molecule has 1 fully saturated rings. The second-order valence-electron chi connectivity index (χ2n) is 7.65. The molecule has 1 saturated heterocycles. The number of ether oxygens (including phenoxy) is 1. The fourth-order valence-electron chi connectivity index (χ4n) is 3.73. The number of carbonyl (C=O) groups excluding carboxylic acids is 1. The van der Waals surface area contributed by atoms with Crippen LogP contribution in [0.15, 0.2) is 61.2 Å². The molecule has 0 radical (unpaired) electrons. The lowest BCUT2D eigenvalue weighted by molar-refractivity contribution is -0.122. The van der Waals surface area contributed by atoms with Crippen LogP contribution in [0.25, 0.3) is 0 Å². The molecule has 0 aliphatic carbocycles. The number of anilines is 1. The summed E-state index contributed by atoms with van der Waals surface area (Å²) in [7, 11) is 0. The quantitative estimate of drug-likeness (QED) is 0.620. The third kappa shape index (κ3) is 5.64. The standard InChI is InChI=1S/C24H27N5O2/c1-2-23-26-14-18(15-27-23)17-29-13-4-3-7-22(29)24(30)28-19-8-10-20(11-9-19)31-21-6-5-12-25-16-21/h5-6,8-12,14-16,22H,2-4,7,13,17H2,1H3,(H,28,30). The monoisotopic (exact) mass is 417 g/mol. The second kappa shape index (κ2) is 10.1. The Bertz CT molecular complexity index is 977. The maximum Gasteiger partial charge on any atom is 0.241 e. The molecule has 1 aromatic carbocycles. The van der Waals surface area contributed by atoms with Crippen LogP contribution in [0.1, 0.15) is 37.6 Å². The van der Waals surface area contributed by atoms with Gasteiger partial charge in [0.05, 0.1) is 12.2 Å². The highest BCUT2D eigenvalue weighted by molar-refractivity contribution is 5.94. The largest absolute Gasteiger partial charge is 0.456 e. The molecule has 1 amide bonds. The third-order valence-corrected chi connectivity index (χ3v) is 5.37. The van der Waals surface area contributed by atoms with Gasteiger partial charge in [0, 0.05) is 42.8 Å². The van der Waals surface area contributed by atoms with Crippen LogP contribution in [-0.4, -0.2) is 38.3 Å². The van der Waals surface area contributed by atoms with Gasteiger partial charge in [0.25, 0.3) is 0 Å². The molecule has 3 aromatic rings. The van der Waals surface area contributed by atoms with Gasteiger partial charge in [-0.1, -0.05) is 13.3 Å². The van der Waals surface area contributed by atoms with Crippen molar-refractivity contribution in [1.29, 1.82) is 0 Å². The molecule has 1 unspecified atom stereocenters. The maximum absolute atomic E-state index is 13.0. The van der Waals surface area contributed by atoms with Gasteiger partial charge in [-0.05, 0) is 55.8 Å². The Labute approximate surface area is 182 Å². The van der Waals surface area contributed by atoms with Crippen LogP contribution in [0, 0.1) is 0 Å². The Balaban J connectivity index is 1.37. The number of nitrogens with one attached hydrogen (secondary N) is 1. The van der Waals surface area contributed by atoms with Crippen LogP contribution < -0.4 is 10.1 Å². The van der Waals surface area contributed by atoms with Crippen molar-refractivity contribution < 1.29 is 9.53 Å². The molecule has 160 valence electrons. The number of aromatic nitrogens is 3. The van der Waals surface area contributed by atoms with E-state index < -0.39 is 0 Å². The highest BCUT2D eigenvalue weighted by Gasteiger charge is 2.28. The summed E-state index contributed by atoms with van der Waals surface area (Å²) in [5.74, 6) is 2.23. The van der Waals surface area contributed by atoms with Gasteiger partial charge < -0.3 is 10.1 Å². The summed E-state index contributed by atoms with van der Waals surface area (Å²) in [6.07, 6.45) is 10.9. The minimum absolute atomic E-state index is 0.0201. The van der Waals surface area contributed by atoms with E-state index in [1.165, 1.54) is 0 Å². The van der Waals surface area contributed by atoms with Gasteiger partial charge in [-0.25, -0.2) is 9.97 Å². The van der Waals surface area contributed by atoms with Crippen LogP contribution in [0.2, 0.25) is 0 Å². The predicted octanol–water partition coefficient (Wildman–Crippen LogP) is 4.22. The van der Waals surface area contributed by atoms with Crippen molar-refractivity contribution in [3.8, 4) is 11.5 Å². The molecule has 1 aliphatic heterocycles. The van der Waals surface area contributed by atoms with Gasteiger partial charge in [0.2, 0.25) is 5.91 Å². The molecular weight excluding hydrogens is 390 g/mol. The Morgan fingerprint density at radius 3 is 2.61 bits per heavy atom. The average Bonchev–Trinajstić information content (AvgIpc) is 2.82. The number of rotatable bonds is 7. The lowest BCUT2D eigenvalue weighted by Gasteiger charge is -2.34. The van der Waals surface area contributed by atoms with E-state index in [0.29, 0.717) is 18.0 Å². The van der Waals surface area contributed by atoms with E-state index in [0.717, 1.165) is 49.3 Å². The second-order valence-corrected chi connectivity index (χ2v) is 7.65. The van der Waals surface area contributed by atoms with Crippen molar-refractivity contribution >= 4 is 11.6 Å². The first kappa shape index (κ1) is 20.9. The lowest BCUT2D eigenvalue weighted by atomic mass is 10.0. The zero-order valence-corrected chi connectivity index (χ0v) is 17.7. The predicted molar refractivity (Wildman–Crippen MR) is 119 cm³/mol. The molecule has 0 bridgehead atoms. The van der Waals surface area contributed by atoms with E-state index in [4.69, 9.17) is 4.74 Å². The molecular formula is C24H27N5O2. The van der Waals surface area contributed by atoms with Gasteiger partial charge in [0.1, 0.15) is 17.3 Å². The fourth-order valence-corrected chi connectivity index (χ4v) is 3.73. The third-order valence-electron chi connectivity index (χ3n) is 5.37. The smallest absolute Gasteiger partial charge is 0.241 e. The van der Waals surface area contributed by atoms with Gasteiger partial charge in [-0.2, -0.15) is 0 Å². The topological polar surface area (TPSA) is 80.2 Å². The van der Waals surface area contributed by atoms with Crippen molar-refractivity contribution in [3.63, 3.8) is 0 Å². The number of hydrogen-bond donors (Lipinski definition) is 1. The maximum atomic E-state index is 13.0. The van der Waals surface area contributed by atoms with Gasteiger partial charge in [0.15, 0.2) is 0 Å². The zero-order valence-electron chi connectivity index (χ0n) is 17.7. The molecule has 1 aliphatic rings. The molecule has 7 heteroatoms. The lowest BCUT2D eigenvalue weighted by Crippen LogP contribution is -2.46. The summed E-state index contributed by atoms with van der Waals surface area (Å²) in [5, 5.41) is 3.06. The normalized spacial score (nSPS) is 16.6. The number of pyridine rings is 1. The van der Waals surface area contributed by atoms with Crippen molar-refractivity contribution in [2.75, 3.05) is 11.9 Å². The number of carbonyl (C=O) groups is 1. The summed E-state index contributed by atoms with van der Waals surface area (Å²) >= 11 is 0. The Morgan fingerprint density at radius 1 is 1.10 bits per heavy atom. The molecule has 1 N–H and O–H groups in total. The number of aryl methyl sites for hydroxylation is 1. The first-order valence-electron chi connectivity index (χ1n) is 10.7. The molecule has 0 spiro atoms. The van der Waals surface area contributed by atoms with Crippen LogP contribution in [-0.2, 0) is 17.8 Å². The average molecular weight is 418 g/mol. The van der Waals surface area contributed by atoms with E-state index in [9.17, 15) is 4.79 Å². The Hall–Kier alpha value is -3.32. The molecule has 1 atom stereocenters. The fraction of sp³-hybridized carbons (Fsp3) is 0.333. The molecule has 7 nitrogen and oxygen atoms in total. The molecule has 2 aromatic heterocycles. The minimum atomic E-state index is -0.161. The van der Waals surface area contributed by atoms with Gasteiger partial charge >= 0.3 is 0 Å². The van der Waals surface area contributed by atoms with Crippen molar-refractivity contribution in [1.82, 2.24) is 19.9 Å². The number of nitrogens with zero attached hydrogens (tertiary/aromatic N) is 4. The SMILES string of the molecule is CCc1ncc(CN2CCCCC2C(=O)Nc2ccc(Oc3cccnc3)cc2)cn1. The van der Waals surface area contributed by atoms with Crippen LogP contribution in [0.5, 0.6) is 11.5 Å². The molecule has 3 heterocycles. The Morgan fingerprint density at radius 2 is 1.90 bits per heavy atom. The summed E-state index contributed by atoms with van der Waals surface area (Å²) in [6, 6.07) is 10.9. The molecule has 0 saturated carbocycles. The van der Waals surface area contributed by atoms with E-state index in [1.54, 1.807) is 12.4 Å². The summed E-state index contributed by atoms with van der Waals surface area (Å²) < 4.78 is 5.76. The van der Waals surface area contributed by atoms with Crippen molar-refractivity contribution in [2.24, 2.45) is 0 Å². The summed E-state index contributed by atoms with van der Waals surface area (Å²) in [5.41, 5.74) is 1.79. The molecule has 31 heavy (non-hydrogen) atoms. The highest BCUT2D eigenvalue weighted by Crippen LogP contribution is 2.24. The summed E-state index contributed by atoms with van der Waals surface area (Å²) in [4.78, 5) is 28.1. The Kier molecular flexibility index (Phi) is 6.84. The first-order valence-corrected chi connectivity index (χ1v) is 10.7. The van der Waals surface area contributed by atoms with Crippen molar-refractivity contribution in [3.05, 3.63) is 72.6 Å². The first-order chi connectivity index (χ1) is 15.2. The van der Waals surface area contributed by atoms with Gasteiger partial charge in [-0.15, -0.1) is 0 Å². The van der Waals surface area contributed by atoms with Crippen LogP contribution in [0.4, 0.5) is 5.69 Å². The van der Waals surface area contributed by atoms with E-state index >= 15 is 0 Å². The number of hydrogen-bond acceptors (Lipinski definition) is 6. The van der Waals surface area contributed by atoms with E-state index in [1.807, 2.05) is 55.7 Å².